The predicted octanol–water partition coefficient (Wildman–Crippen LogP) is 0.932. The van der Waals surface area contributed by atoms with E-state index in [0.29, 0.717) is 0 Å². The summed E-state index contributed by atoms with van der Waals surface area (Å²) < 4.78 is 39.2. The fourth-order valence-electron chi connectivity index (χ4n) is 1.25. The van der Waals surface area contributed by atoms with Crippen LogP contribution >= 0.6 is 0 Å². The number of anilines is 2. The van der Waals surface area contributed by atoms with E-state index in [0.717, 1.165) is 12.1 Å². The van der Waals surface area contributed by atoms with Crippen molar-refractivity contribution in [2.45, 2.75) is 4.90 Å². The molecule has 0 unspecified atom stereocenters. The second kappa shape index (κ2) is 4.06. The molecule has 0 amide bonds. The monoisotopic (exact) mass is 256 g/mol. The van der Waals surface area contributed by atoms with E-state index in [1.807, 2.05) is 0 Å². The van der Waals surface area contributed by atoms with Crippen LogP contribution in [0.15, 0.2) is 35.4 Å². The number of nitrogens with two attached hydrogens (primary N) is 1. The minimum atomic E-state index is -3.98. The van der Waals surface area contributed by atoms with Gasteiger partial charge in [-0.25, -0.2) is 12.8 Å². The first-order valence-electron chi connectivity index (χ1n) is 4.56. The van der Waals surface area contributed by atoms with E-state index in [1.165, 1.54) is 18.3 Å². The molecule has 0 fully saturated rings. The van der Waals surface area contributed by atoms with Gasteiger partial charge in [-0.2, -0.15) is 5.10 Å². The lowest BCUT2D eigenvalue weighted by atomic mass is 10.3. The largest absolute Gasteiger partial charge is 0.399 e. The molecule has 0 spiro atoms. The topological polar surface area (TPSA) is 101 Å². The number of nitrogens with one attached hydrogen (secondary N) is 2. The molecule has 0 bridgehead atoms. The quantitative estimate of drug-likeness (QED) is 0.711. The minimum Gasteiger partial charge on any atom is -0.399 e. The summed E-state index contributed by atoms with van der Waals surface area (Å²) in [6.45, 7) is 0. The summed E-state index contributed by atoms with van der Waals surface area (Å²) >= 11 is 0. The van der Waals surface area contributed by atoms with Crippen LogP contribution < -0.4 is 10.5 Å². The second-order valence-corrected chi connectivity index (χ2v) is 4.92. The number of hydrogen-bond donors (Lipinski definition) is 3. The number of hydrogen-bond acceptors (Lipinski definition) is 4. The number of halogens is 1. The highest BCUT2D eigenvalue weighted by Gasteiger charge is 2.19. The molecule has 90 valence electrons. The Labute approximate surface area is 96.7 Å². The van der Waals surface area contributed by atoms with Gasteiger partial charge in [-0.15, -0.1) is 0 Å². The lowest BCUT2D eigenvalue weighted by Crippen LogP contribution is -2.15. The van der Waals surface area contributed by atoms with Crippen LogP contribution in [0.1, 0.15) is 0 Å². The molecule has 0 aliphatic heterocycles. The number of H-pyrrole nitrogens is 1. The van der Waals surface area contributed by atoms with Crippen molar-refractivity contribution in [2.75, 3.05) is 10.5 Å². The molecule has 0 saturated carbocycles. The number of aromatic amines is 1. The fourth-order valence-corrected chi connectivity index (χ4v) is 2.32. The van der Waals surface area contributed by atoms with Gasteiger partial charge in [0, 0.05) is 11.8 Å². The summed E-state index contributed by atoms with van der Waals surface area (Å²) in [5.41, 5.74) is 5.49. The first kappa shape index (κ1) is 11.4. The van der Waals surface area contributed by atoms with Crippen molar-refractivity contribution in [1.29, 1.82) is 0 Å². The molecule has 0 saturated heterocycles. The van der Waals surface area contributed by atoms with Gasteiger partial charge < -0.3 is 5.73 Å². The molecule has 8 heteroatoms. The molecular formula is C9H9FN4O2S. The van der Waals surface area contributed by atoms with E-state index in [-0.39, 0.29) is 11.5 Å². The van der Waals surface area contributed by atoms with E-state index in [1.54, 1.807) is 0 Å². The normalized spacial score (nSPS) is 11.4. The number of benzene rings is 1. The third-order valence-corrected chi connectivity index (χ3v) is 3.39. The summed E-state index contributed by atoms with van der Waals surface area (Å²) in [7, 11) is -3.98. The van der Waals surface area contributed by atoms with Crippen molar-refractivity contribution in [3.63, 3.8) is 0 Å². The van der Waals surface area contributed by atoms with E-state index < -0.39 is 20.7 Å². The highest BCUT2D eigenvalue weighted by atomic mass is 32.2. The zero-order valence-electron chi connectivity index (χ0n) is 8.51. The van der Waals surface area contributed by atoms with Crippen LogP contribution in [0.5, 0.6) is 0 Å². The summed E-state index contributed by atoms with van der Waals surface area (Å²) in [6, 6.07) is 4.77. The van der Waals surface area contributed by atoms with Crippen molar-refractivity contribution in [2.24, 2.45) is 0 Å². The molecule has 17 heavy (non-hydrogen) atoms. The van der Waals surface area contributed by atoms with E-state index >= 15 is 0 Å². The van der Waals surface area contributed by atoms with Crippen molar-refractivity contribution in [3.8, 4) is 0 Å². The molecular weight excluding hydrogens is 247 g/mol. The molecule has 0 atom stereocenters. The average Bonchev–Trinajstić information content (AvgIpc) is 2.68. The van der Waals surface area contributed by atoms with E-state index in [9.17, 15) is 12.8 Å². The highest BCUT2D eigenvalue weighted by molar-refractivity contribution is 7.92. The Morgan fingerprint density at radius 2 is 2.12 bits per heavy atom. The lowest BCUT2D eigenvalue weighted by Gasteiger charge is -2.07. The lowest BCUT2D eigenvalue weighted by molar-refractivity contribution is 0.570. The summed E-state index contributed by atoms with van der Waals surface area (Å²) in [5, 5.41) is 5.98. The van der Waals surface area contributed by atoms with Gasteiger partial charge in [0.1, 0.15) is 16.5 Å². The van der Waals surface area contributed by atoms with Crippen LogP contribution in [0, 0.1) is 5.82 Å². The molecule has 0 radical (unpaired) electrons. The first-order valence-corrected chi connectivity index (χ1v) is 6.04. The van der Waals surface area contributed by atoms with Crippen LogP contribution in [0.25, 0.3) is 0 Å². The smallest absolute Gasteiger partial charge is 0.265 e. The Bertz CT molecular complexity index is 624. The van der Waals surface area contributed by atoms with Gasteiger partial charge in [-0.3, -0.25) is 9.82 Å². The van der Waals surface area contributed by atoms with Crippen molar-refractivity contribution in [1.82, 2.24) is 10.2 Å². The molecule has 0 aliphatic carbocycles. The minimum absolute atomic E-state index is 0.154. The Kier molecular flexibility index (Phi) is 2.72. The average molecular weight is 256 g/mol. The fraction of sp³-hybridized carbons (Fsp3) is 0. The van der Waals surface area contributed by atoms with Gasteiger partial charge in [0.15, 0.2) is 0 Å². The Morgan fingerprint density at radius 3 is 2.71 bits per heavy atom. The van der Waals surface area contributed by atoms with E-state index in [4.69, 9.17) is 5.73 Å². The van der Waals surface area contributed by atoms with Gasteiger partial charge in [-0.05, 0) is 18.2 Å². The van der Waals surface area contributed by atoms with Crippen LogP contribution in [-0.4, -0.2) is 18.6 Å². The molecule has 4 N–H and O–H groups in total. The number of sulfonamides is 1. The van der Waals surface area contributed by atoms with Crippen molar-refractivity contribution in [3.05, 3.63) is 36.3 Å². The highest BCUT2D eigenvalue weighted by Crippen LogP contribution is 2.19. The molecule has 2 aromatic rings. The van der Waals surface area contributed by atoms with Crippen molar-refractivity contribution >= 4 is 21.5 Å². The van der Waals surface area contributed by atoms with E-state index in [2.05, 4.69) is 14.9 Å². The van der Waals surface area contributed by atoms with Crippen LogP contribution in [0.2, 0.25) is 0 Å². The Morgan fingerprint density at radius 1 is 1.35 bits per heavy atom. The molecule has 1 aromatic heterocycles. The maximum atomic E-state index is 13.4. The van der Waals surface area contributed by atoms with Gasteiger partial charge in [0.25, 0.3) is 10.0 Å². The summed E-state index contributed by atoms with van der Waals surface area (Å²) in [6.07, 6.45) is 1.37. The summed E-state index contributed by atoms with van der Waals surface area (Å²) in [5.74, 6) is -0.752. The van der Waals surface area contributed by atoms with Crippen LogP contribution in [0.3, 0.4) is 0 Å². The van der Waals surface area contributed by atoms with Crippen molar-refractivity contribution < 1.29 is 12.8 Å². The van der Waals surface area contributed by atoms with Gasteiger partial charge >= 0.3 is 0 Å². The molecule has 1 heterocycles. The third kappa shape index (κ3) is 2.36. The Balaban J connectivity index is 2.38. The standard InChI is InChI=1S/C9H9FN4O2S/c10-7-5-6(11)1-2-8(7)17(15,16)14-9-3-4-12-13-9/h1-5H,11H2,(H2,12,13,14). The molecule has 0 aliphatic rings. The van der Waals surface area contributed by atoms with Gasteiger partial charge in [0.2, 0.25) is 0 Å². The number of aromatic nitrogens is 2. The number of rotatable bonds is 3. The van der Waals surface area contributed by atoms with Gasteiger partial charge in [-0.1, -0.05) is 0 Å². The second-order valence-electron chi connectivity index (χ2n) is 3.27. The maximum absolute atomic E-state index is 13.4. The molecule has 2 rings (SSSR count). The SMILES string of the molecule is Nc1ccc(S(=O)(=O)Nc2ccn[nH]2)c(F)c1. The predicted molar refractivity (Wildman–Crippen MR) is 60.2 cm³/mol. The summed E-state index contributed by atoms with van der Waals surface area (Å²) in [4.78, 5) is -0.471. The maximum Gasteiger partial charge on any atom is 0.265 e. The van der Waals surface area contributed by atoms with Gasteiger partial charge in [0.05, 0.1) is 6.20 Å². The number of nitrogens with zero attached hydrogens (tertiary/aromatic N) is 1. The molecule has 6 nitrogen and oxygen atoms in total. The number of nitrogen functional groups attached to an aromatic ring is 1. The zero-order chi connectivity index (χ0) is 12.5. The third-order valence-electron chi connectivity index (χ3n) is 1.99. The van der Waals surface area contributed by atoms with Crippen LogP contribution in [-0.2, 0) is 10.0 Å². The van der Waals surface area contributed by atoms with Crippen LogP contribution in [0.4, 0.5) is 15.9 Å². The Hall–Kier alpha value is -2.09. The zero-order valence-corrected chi connectivity index (χ0v) is 9.33. The molecule has 1 aromatic carbocycles. The first-order chi connectivity index (χ1) is 7.99.